The van der Waals surface area contributed by atoms with Gasteiger partial charge in [-0.2, -0.15) is 0 Å². The van der Waals surface area contributed by atoms with Gasteiger partial charge in [0.15, 0.2) is 0 Å². The summed E-state index contributed by atoms with van der Waals surface area (Å²) in [7, 11) is 0. The molecule has 4 heterocycles. The molecule has 0 spiro atoms. The molecule has 3 aromatic rings. The van der Waals surface area contributed by atoms with Gasteiger partial charge in [-0.25, -0.2) is 0 Å². The zero-order valence-electron chi connectivity index (χ0n) is 13.6. The second-order valence-corrected chi connectivity index (χ2v) is 7.94. The summed E-state index contributed by atoms with van der Waals surface area (Å²) in [6.45, 7) is 0.532. The fourth-order valence-corrected chi connectivity index (χ4v) is 4.89. The van der Waals surface area contributed by atoms with Crippen LogP contribution in [0.4, 0.5) is 5.95 Å². The maximum absolute atomic E-state index is 9.32. The van der Waals surface area contributed by atoms with E-state index in [1.807, 2.05) is 16.7 Å². The number of imidazole rings is 1. The Morgan fingerprint density at radius 1 is 1.36 bits per heavy atom. The monoisotopic (exact) mass is 404 g/mol. The summed E-state index contributed by atoms with van der Waals surface area (Å²) in [6, 6.07) is 3.87. The van der Waals surface area contributed by atoms with E-state index in [1.54, 1.807) is 12.6 Å². The molecule has 1 atom stereocenters. The number of aliphatic hydroxyl groups is 1. The summed E-state index contributed by atoms with van der Waals surface area (Å²) in [5, 5.41) is 13.1. The van der Waals surface area contributed by atoms with Gasteiger partial charge in [0.1, 0.15) is 0 Å². The number of anilines is 1. The molecule has 0 bridgehead atoms. The molecule has 1 radical (unpaired) electrons. The van der Waals surface area contributed by atoms with E-state index < -0.39 is 0 Å². The van der Waals surface area contributed by atoms with Crippen molar-refractivity contribution in [3.05, 3.63) is 30.5 Å². The Morgan fingerprint density at radius 3 is 3.08 bits per heavy atom. The Balaban J connectivity index is 1.70. The van der Waals surface area contributed by atoms with Crippen LogP contribution in [0.25, 0.3) is 11.2 Å². The number of nitrogens with zero attached hydrogens (tertiary/aromatic N) is 4. The summed E-state index contributed by atoms with van der Waals surface area (Å²) in [5.41, 5.74) is 1.53. The van der Waals surface area contributed by atoms with Gasteiger partial charge < -0.3 is 0 Å². The van der Waals surface area contributed by atoms with Gasteiger partial charge in [-0.3, -0.25) is 0 Å². The fourth-order valence-electron chi connectivity index (χ4n) is 2.96. The standard InChI is InChI=1S/C16H19AsN5O3/c23-10-20-16-21-13-14(17-8-11-4-3-7-24-11)18-9-19-15(13)22(16)12-5-1-2-6-25-12/h3-4,7,9,12,23H,1-2,5-6,8,10H2,(H,20,21). The Morgan fingerprint density at radius 2 is 2.32 bits per heavy atom. The van der Waals surface area contributed by atoms with Crippen LogP contribution in [0.1, 0.15) is 31.3 Å². The van der Waals surface area contributed by atoms with E-state index in [0.717, 1.165) is 52.5 Å². The van der Waals surface area contributed by atoms with Crippen LogP contribution in [0, 0.1) is 0 Å². The zero-order valence-corrected chi connectivity index (χ0v) is 15.5. The molecule has 131 valence electrons. The summed E-state index contributed by atoms with van der Waals surface area (Å²) in [6.07, 6.45) is 6.23. The number of hydrogen-bond acceptors (Lipinski definition) is 7. The number of nitrogens with one attached hydrogen (secondary N) is 1. The number of furan rings is 1. The second-order valence-electron chi connectivity index (χ2n) is 5.73. The topological polar surface area (TPSA) is 98.2 Å². The molecule has 0 saturated carbocycles. The van der Waals surface area contributed by atoms with Crippen molar-refractivity contribution in [2.45, 2.75) is 30.7 Å². The van der Waals surface area contributed by atoms with E-state index >= 15 is 0 Å². The molecule has 0 amide bonds. The van der Waals surface area contributed by atoms with Crippen molar-refractivity contribution >= 4 is 37.3 Å². The number of aromatic nitrogens is 4. The van der Waals surface area contributed by atoms with E-state index in [9.17, 15) is 5.11 Å². The van der Waals surface area contributed by atoms with Crippen molar-refractivity contribution in [3.63, 3.8) is 0 Å². The van der Waals surface area contributed by atoms with Crippen LogP contribution in [0.5, 0.6) is 0 Å². The van der Waals surface area contributed by atoms with Crippen molar-refractivity contribution in [1.82, 2.24) is 19.5 Å². The molecular formula is C16H19AsN5O3. The molecule has 1 aliphatic rings. The van der Waals surface area contributed by atoms with E-state index in [2.05, 4.69) is 20.3 Å². The first kappa shape index (κ1) is 16.6. The second kappa shape index (κ2) is 7.56. The van der Waals surface area contributed by atoms with Gasteiger partial charge in [-0.1, -0.05) is 0 Å². The molecule has 1 saturated heterocycles. The molecule has 4 rings (SSSR count). The van der Waals surface area contributed by atoms with Gasteiger partial charge in [0.2, 0.25) is 0 Å². The minimum absolute atomic E-state index is 0.114. The number of rotatable bonds is 6. The van der Waals surface area contributed by atoms with E-state index in [-0.39, 0.29) is 28.7 Å². The van der Waals surface area contributed by atoms with E-state index in [1.165, 1.54) is 0 Å². The number of ether oxygens (including phenoxy) is 1. The van der Waals surface area contributed by atoms with Crippen LogP contribution in [0.3, 0.4) is 0 Å². The molecule has 1 aliphatic heterocycles. The van der Waals surface area contributed by atoms with Crippen molar-refractivity contribution in [3.8, 4) is 0 Å². The van der Waals surface area contributed by atoms with Crippen LogP contribution in [-0.4, -0.2) is 53.7 Å². The molecule has 0 aromatic carbocycles. The van der Waals surface area contributed by atoms with Gasteiger partial charge in [0, 0.05) is 0 Å². The van der Waals surface area contributed by atoms with Crippen molar-refractivity contribution < 1.29 is 14.3 Å². The third-order valence-corrected chi connectivity index (χ3v) is 6.40. The van der Waals surface area contributed by atoms with Crippen LogP contribution in [0.2, 0.25) is 0 Å². The van der Waals surface area contributed by atoms with Gasteiger partial charge >= 0.3 is 151 Å². The first-order chi connectivity index (χ1) is 12.4. The number of hydrogen-bond donors (Lipinski definition) is 2. The Hall–Kier alpha value is -1.89. The maximum atomic E-state index is 9.32. The van der Waals surface area contributed by atoms with Crippen LogP contribution in [0.15, 0.2) is 29.1 Å². The first-order valence-corrected chi connectivity index (χ1v) is 10.5. The SMILES string of the molecule is OCNc1nc2c([As]Cc3ccco3)ncnc2n1C1CCCCO1. The first-order valence-electron chi connectivity index (χ1n) is 8.26. The van der Waals surface area contributed by atoms with Crippen LogP contribution in [-0.2, 0) is 9.95 Å². The Labute approximate surface area is 151 Å². The average Bonchev–Trinajstić information content (AvgIpc) is 3.28. The molecule has 1 fully saturated rings. The fraction of sp³-hybridized carbons (Fsp3) is 0.438. The molecule has 9 heteroatoms. The molecular weight excluding hydrogens is 385 g/mol. The summed E-state index contributed by atoms with van der Waals surface area (Å²) >= 11 is -0.244. The Kier molecular flexibility index (Phi) is 5.01. The van der Waals surface area contributed by atoms with E-state index in [0.29, 0.717) is 5.95 Å². The molecule has 0 aliphatic carbocycles. The molecule has 8 nitrogen and oxygen atoms in total. The van der Waals surface area contributed by atoms with Crippen molar-refractivity contribution in [2.24, 2.45) is 0 Å². The third-order valence-electron chi connectivity index (χ3n) is 4.10. The summed E-state index contributed by atoms with van der Waals surface area (Å²) in [5.74, 6) is 1.53. The molecule has 3 aromatic heterocycles. The van der Waals surface area contributed by atoms with Gasteiger partial charge in [0.05, 0.1) is 0 Å². The quantitative estimate of drug-likeness (QED) is 0.467. The van der Waals surface area contributed by atoms with E-state index in [4.69, 9.17) is 9.15 Å². The predicted octanol–water partition coefficient (Wildman–Crippen LogP) is 1.01. The third kappa shape index (κ3) is 3.42. The molecule has 25 heavy (non-hydrogen) atoms. The normalized spacial score (nSPS) is 18.4. The zero-order chi connectivity index (χ0) is 17.1. The number of fused-ring (bicyclic) bond motifs is 1. The predicted molar refractivity (Wildman–Crippen MR) is 92.7 cm³/mol. The number of aliphatic hydroxyl groups excluding tert-OH is 1. The van der Waals surface area contributed by atoms with Crippen LogP contribution >= 0.6 is 0 Å². The van der Waals surface area contributed by atoms with Crippen molar-refractivity contribution in [2.75, 3.05) is 18.7 Å². The summed E-state index contributed by atoms with van der Waals surface area (Å²) in [4.78, 5) is 13.5. The average molecular weight is 404 g/mol. The van der Waals surface area contributed by atoms with Crippen LogP contribution < -0.4 is 9.80 Å². The van der Waals surface area contributed by atoms with Crippen molar-refractivity contribution in [1.29, 1.82) is 0 Å². The molecule has 2 N–H and O–H groups in total. The van der Waals surface area contributed by atoms with Gasteiger partial charge in [-0.05, 0) is 0 Å². The van der Waals surface area contributed by atoms with Gasteiger partial charge in [-0.15, -0.1) is 0 Å². The summed E-state index contributed by atoms with van der Waals surface area (Å²) < 4.78 is 14.2. The molecule has 1 unspecified atom stereocenters. The Bertz CT molecular complexity index is 830. The minimum atomic E-state index is -0.244. The van der Waals surface area contributed by atoms with Gasteiger partial charge in [0.25, 0.3) is 0 Å².